The lowest BCUT2D eigenvalue weighted by molar-refractivity contribution is -0.124. The van der Waals surface area contributed by atoms with Crippen LogP contribution in [-0.4, -0.2) is 30.8 Å². The summed E-state index contributed by atoms with van der Waals surface area (Å²) >= 11 is 7.48. The molecule has 28 heavy (non-hydrogen) atoms. The molecule has 0 bridgehead atoms. The molecule has 0 saturated heterocycles. The number of hydrogen-bond donors (Lipinski definition) is 1. The predicted molar refractivity (Wildman–Crippen MR) is 116 cm³/mol. The zero-order valence-electron chi connectivity index (χ0n) is 16.9. The first-order valence-electron chi connectivity index (χ1n) is 9.11. The van der Waals surface area contributed by atoms with Gasteiger partial charge in [-0.25, -0.2) is 4.79 Å². The van der Waals surface area contributed by atoms with Crippen molar-refractivity contribution in [3.05, 3.63) is 62.7 Å². The van der Waals surface area contributed by atoms with Gasteiger partial charge >= 0.3 is 5.97 Å². The second-order valence-corrected chi connectivity index (χ2v) is 8.33. The molecule has 0 atom stereocenters. The highest BCUT2D eigenvalue weighted by atomic mass is 35.5. The minimum absolute atomic E-state index is 0.282. The molecule has 0 spiro atoms. The van der Waals surface area contributed by atoms with E-state index in [4.69, 9.17) is 16.3 Å². The number of carbonyl (C=O) groups excluding carboxylic acids is 2. The second-order valence-electron chi connectivity index (χ2n) is 6.73. The zero-order valence-corrected chi connectivity index (χ0v) is 18.5. The van der Waals surface area contributed by atoms with Crippen LogP contribution in [0.15, 0.2) is 29.2 Å². The molecule has 1 N–H and O–H groups in total. The van der Waals surface area contributed by atoms with Gasteiger partial charge in [0, 0.05) is 22.2 Å². The molecule has 0 radical (unpaired) electrons. The van der Waals surface area contributed by atoms with E-state index in [1.54, 1.807) is 11.8 Å². The van der Waals surface area contributed by atoms with Gasteiger partial charge in [0.1, 0.15) is 0 Å². The zero-order chi connectivity index (χ0) is 20.8. The highest BCUT2D eigenvalue weighted by molar-refractivity contribution is 7.99. The summed E-state index contributed by atoms with van der Waals surface area (Å²) in [6.07, 6.45) is 0. The normalized spacial score (nSPS) is 10.6. The molecule has 2 rings (SSSR count). The van der Waals surface area contributed by atoms with Crippen LogP contribution in [0.5, 0.6) is 0 Å². The van der Waals surface area contributed by atoms with Gasteiger partial charge in [-0.3, -0.25) is 4.79 Å². The van der Waals surface area contributed by atoms with Gasteiger partial charge < -0.3 is 10.1 Å². The van der Waals surface area contributed by atoms with Gasteiger partial charge in [0.05, 0.1) is 5.56 Å². The summed E-state index contributed by atoms with van der Waals surface area (Å²) in [4.78, 5) is 25.6. The third-order valence-electron chi connectivity index (χ3n) is 5.05. The molecule has 150 valence electrons. The predicted octanol–water partition coefficient (Wildman–Crippen LogP) is 4.95. The number of hydrogen-bond acceptors (Lipinski definition) is 4. The number of nitrogens with one attached hydrogen (secondary N) is 1. The monoisotopic (exact) mass is 419 g/mol. The Hall–Kier alpha value is -1.98. The average molecular weight is 420 g/mol. The lowest BCUT2D eigenvalue weighted by atomic mass is 9.90. The van der Waals surface area contributed by atoms with Crippen LogP contribution in [0.2, 0.25) is 5.02 Å². The van der Waals surface area contributed by atoms with Crippen LogP contribution >= 0.6 is 23.4 Å². The molecule has 2 aromatic carbocycles. The Labute approximate surface area is 176 Å². The molecular weight excluding hydrogens is 394 g/mol. The third-order valence-corrected chi connectivity index (χ3v) is 6.31. The molecule has 0 aliphatic carbocycles. The Morgan fingerprint density at radius 1 is 0.929 bits per heavy atom. The Morgan fingerprint density at radius 2 is 1.46 bits per heavy atom. The van der Waals surface area contributed by atoms with Crippen molar-refractivity contribution < 1.29 is 14.3 Å². The number of halogens is 1. The Morgan fingerprint density at radius 3 is 2.04 bits per heavy atom. The van der Waals surface area contributed by atoms with E-state index in [-0.39, 0.29) is 12.5 Å². The minimum atomic E-state index is -0.452. The third kappa shape index (κ3) is 5.52. The van der Waals surface area contributed by atoms with E-state index in [0.29, 0.717) is 17.1 Å². The van der Waals surface area contributed by atoms with Crippen LogP contribution in [-0.2, 0) is 9.53 Å². The van der Waals surface area contributed by atoms with Crippen molar-refractivity contribution in [2.75, 3.05) is 18.9 Å². The first-order chi connectivity index (χ1) is 13.2. The highest BCUT2D eigenvalue weighted by Gasteiger charge is 2.20. The maximum absolute atomic E-state index is 12.5. The van der Waals surface area contributed by atoms with E-state index in [2.05, 4.69) is 12.2 Å². The van der Waals surface area contributed by atoms with Crippen molar-refractivity contribution in [1.82, 2.24) is 5.32 Å². The molecule has 1 amide bonds. The molecule has 4 nitrogen and oxygen atoms in total. The van der Waals surface area contributed by atoms with Gasteiger partial charge in [0.15, 0.2) is 6.61 Å². The van der Waals surface area contributed by atoms with E-state index in [9.17, 15) is 9.59 Å². The summed E-state index contributed by atoms with van der Waals surface area (Å²) < 4.78 is 5.26. The molecule has 0 aliphatic heterocycles. The summed E-state index contributed by atoms with van der Waals surface area (Å²) in [6.45, 7) is 10.1. The van der Waals surface area contributed by atoms with Gasteiger partial charge in [-0.15, -0.1) is 11.8 Å². The maximum atomic E-state index is 12.5. The van der Waals surface area contributed by atoms with Crippen molar-refractivity contribution in [2.45, 2.75) is 39.5 Å². The first kappa shape index (κ1) is 22.3. The fraction of sp³-hybridized carbons (Fsp3) is 0.364. The quantitative estimate of drug-likeness (QED) is 0.392. The maximum Gasteiger partial charge on any atom is 0.339 e. The number of benzene rings is 2. The molecular formula is C22H26ClNO3S. The smallest absolute Gasteiger partial charge is 0.339 e. The van der Waals surface area contributed by atoms with E-state index in [0.717, 1.165) is 32.9 Å². The van der Waals surface area contributed by atoms with Crippen LogP contribution in [0.1, 0.15) is 38.2 Å². The summed E-state index contributed by atoms with van der Waals surface area (Å²) in [7, 11) is 0. The fourth-order valence-electron chi connectivity index (χ4n) is 2.95. The Kier molecular flexibility index (Phi) is 7.96. The molecule has 6 heteroatoms. The molecule has 0 aromatic heterocycles. The standard InChI is InChI=1S/C22H26ClNO3S/c1-13-14(2)16(4)21(17(5)15(13)3)22(26)27-12-20(25)24-10-11-28-19-8-6-18(23)7-9-19/h6-9H,10-12H2,1-5H3,(H,24,25). The number of ether oxygens (including phenoxy) is 1. The van der Waals surface area contributed by atoms with E-state index in [1.807, 2.05) is 52.0 Å². The molecule has 0 saturated carbocycles. The van der Waals surface area contributed by atoms with Gasteiger partial charge in [0.25, 0.3) is 5.91 Å². The van der Waals surface area contributed by atoms with Crippen molar-refractivity contribution >= 4 is 35.2 Å². The van der Waals surface area contributed by atoms with Crippen LogP contribution in [0.3, 0.4) is 0 Å². The number of esters is 1. The summed E-state index contributed by atoms with van der Waals surface area (Å²) in [6, 6.07) is 7.54. The number of rotatable bonds is 7. The van der Waals surface area contributed by atoms with Crippen molar-refractivity contribution in [3.8, 4) is 0 Å². The summed E-state index contributed by atoms with van der Waals surface area (Å²) in [5.74, 6) is -0.0385. The van der Waals surface area contributed by atoms with E-state index >= 15 is 0 Å². The highest BCUT2D eigenvalue weighted by Crippen LogP contribution is 2.26. The fourth-order valence-corrected chi connectivity index (χ4v) is 3.84. The first-order valence-corrected chi connectivity index (χ1v) is 10.5. The Bertz CT molecular complexity index is 849. The molecule has 0 fully saturated rings. The van der Waals surface area contributed by atoms with Crippen molar-refractivity contribution in [2.24, 2.45) is 0 Å². The van der Waals surface area contributed by atoms with Crippen molar-refractivity contribution in [1.29, 1.82) is 0 Å². The van der Waals surface area contributed by atoms with Gasteiger partial charge in [-0.1, -0.05) is 11.6 Å². The van der Waals surface area contributed by atoms with Crippen LogP contribution < -0.4 is 5.32 Å². The van der Waals surface area contributed by atoms with Crippen LogP contribution in [0.4, 0.5) is 0 Å². The SMILES string of the molecule is Cc1c(C)c(C)c(C(=O)OCC(=O)NCCSc2ccc(Cl)cc2)c(C)c1C. The summed E-state index contributed by atoms with van der Waals surface area (Å²) in [5.41, 5.74) is 5.72. The number of amides is 1. The molecule has 0 heterocycles. The van der Waals surface area contributed by atoms with Crippen LogP contribution in [0, 0.1) is 34.6 Å². The lowest BCUT2D eigenvalue weighted by Crippen LogP contribution is -2.30. The molecule has 0 aliphatic rings. The minimum Gasteiger partial charge on any atom is -0.452 e. The van der Waals surface area contributed by atoms with Crippen molar-refractivity contribution in [3.63, 3.8) is 0 Å². The molecule has 2 aromatic rings. The number of carbonyl (C=O) groups is 2. The summed E-state index contributed by atoms with van der Waals surface area (Å²) in [5, 5.41) is 3.47. The second kappa shape index (κ2) is 9.99. The van der Waals surface area contributed by atoms with Crippen LogP contribution in [0.25, 0.3) is 0 Å². The van der Waals surface area contributed by atoms with E-state index < -0.39 is 5.97 Å². The average Bonchev–Trinajstić information content (AvgIpc) is 2.68. The molecule has 0 unspecified atom stereocenters. The topological polar surface area (TPSA) is 55.4 Å². The van der Waals surface area contributed by atoms with Gasteiger partial charge in [-0.05, 0) is 86.7 Å². The van der Waals surface area contributed by atoms with Gasteiger partial charge in [-0.2, -0.15) is 0 Å². The van der Waals surface area contributed by atoms with E-state index in [1.165, 1.54) is 5.56 Å². The van der Waals surface area contributed by atoms with Gasteiger partial charge in [0.2, 0.25) is 0 Å². The largest absolute Gasteiger partial charge is 0.452 e. The number of thioether (sulfide) groups is 1. The lowest BCUT2D eigenvalue weighted by Gasteiger charge is -2.17. The Balaban J connectivity index is 1.83.